The zero-order valence-electron chi connectivity index (χ0n) is 12.4. The van der Waals surface area contributed by atoms with Gasteiger partial charge in [-0.1, -0.05) is 6.07 Å². The number of rotatable bonds is 7. The van der Waals surface area contributed by atoms with Gasteiger partial charge in [-0.15, -0.1) is 0 Å². The van der Waals surface area contributed by atoms with Crippen LogP contribution in [0, 0.1) is 10.1 Å². The van der Waals surface area contributed by atoms with Gasteiger partial charge in [-0.05, 0) is 30.3 Å². The van der Waals surface area contributed by atoms with E-state index in [0.717, 1.165) is 5.75 Å². The summed E-state index contributed by atoms with van der Waals surface area (Å²) in [5.41, 5.74) is -0.0300. The Morgan fingerprint density at radius 3 is 2.43 bits per heavy atom. The summed E-state index contributed by atoms with van der Waals surface area (Å²) in [6.45, 7) is 0.209. The monoisotopic (exact) mass is 317 g/mol. The quantitative estimate of drug-likeness (QED) is 0.338. The van der Waals surface area contributed by atoms with Crippen LogP contribution in [0.4, 0.5) is 5.69 Å². The molecular weight excluding hydrogens is 302 g/mol. The number of carbonyl (C=O) groups is 1. The maximum atomic E-state index is 11.8. The second-order valence-corrected chi connectivity index (χ2v) is 4.47. The van der Waals surface area contributed by atoms with Crippen LogP contribution in [0.3, 0.4) is 0 Å². The third-order valence-electron chi connectivity index (χ3n) is 2.94. The molecule has 120 valence electrons. The largest absolute Gasteiger partial charge is 0.497 e. The smallest absolute Gasteiger partial charge is 0.338 e. The molecule has 0 aliphatic heterocycles. The van der Waals surface area contributed by atoms with Gasteiger partial charge in [0.2, 0.25) is 0 Å². The summed E-state index contributed by atoms with van der Waals surface area (Å²) >= 11 is 0. The number of hydrogen-bond acceptors (Lipinski definition) is 6. The van der Waals surface area contributed by atoms with Crippen LogP contribution in [-0.4, -0.2) is 31.2 Å². The minimum absolute atomic E-state index is 0.0353. The fourth-order valence-electron chi connectivity index (χ4n) is 1.80. The molecule has 0 N–H and O–H groups in total. The maximum absolute atomic E-state index is 11.8. The Labute approximate surface area is 132 Å². The van der Waals surface area contributed by atoms with Gasteiger partial charge in [-0.3, -0.25) is 10.1 Å². The van der Waals surface area contributed by atoms with Crippen molar-refractivity contribution < 1.29 is 23.9 Å². The molecule has 7 nitrogen and oxygen atoms in total. The number of non-ortho nitro benzene ring substituents is 1. The molecule has 2 aromatic rings. The first-order valence-corrected chi connectivity index (χ1v) is 6.78. The SMILES string of the molecule is COc1ccc(OCCOC(=O)c2cccc([N+](=O)[O-])c2)cc1. The van der Waals surface area contributed by atoms with Crippen LogP contribution in [0.25, 0.3) is 0 Å². The minimum atomic E-state index is -0.632. The van der Waals surface area contributed by atoms with Crippen molar-refractivity contribution in [2.24, 2.45) is 0 Å². The summed E-state index contributed by atoms with van der Waals surface area (Å²) < 4.78 is 15.5. The molecule has 2 rings (SSSR count). The lowest BCUT2D eigenvalue weighted by molar-refractivity contribution is -0.384. The van der Waals surface area contributed by atoms with Gasteiger partial charge in [-0.25, -0.2) is 4.79 Å². The molecule has 0 fully saturated rings. The summed E-state index contributed by atoms with van der Waals surface area (Å²) in [7, 11) is 1.57. The van der Waals surface area contributed by atoms with Crippen molar-refractivity contribution in [2.45, 2.75) is 0 Å². The number of methoxy groups -OCH3 is 1. The molecule has 0 saturated heterocycles. The van der Waals surface area contributed by atoms with Gasteiger partial charge in [0, 0.05) is 12.1 Å². The van der Waals surface area contributed by atoms with Gasteiger partial charge in [0.25, 0.3) is 5.69 Å². The Bertz CT molecular complexity index is 683. The first-order valence-electron chi connectivity index (χ1n) is 6.78. The maximum Gasteiger partial charge on any atom is 0.338 e. The van der Waals surface area contributed by atoms with E-state index in [-0.39, 0.29) is 24.5 Å². The van der Waals surface area contributed by atoms with Crippen LogP contribution in [0.15, 0.2) is 48.5 Å². The topological polar surface area (TPSA) is 87.9 Å². The molecule has 0 atom stereocenters. The average Bonchev–Trinajstić information content (AvgIpc) is 2.59. The van der Waals surface area contributed by atoms with E-state index < -0.39 is 10.9 Å². The molecule has 0 unspecified atom stereocenters. The van der Waals surface area contributed by atoms with E-state index in [4.69, 9.17) is 14.2 Å². The highest BCUT2D eigenvalue weighted by molar-refractivity contribution is 5.90. The summed E-state index contributed by atoms with van der Waals surface area (Å²) in [6, 6.07) is 12.4. The average molecular weight is 317 g/mol. The standard InChI is InChI=1S/C16H15NO6/c1-21-14-5-7-15(8-6-14)22-9-10-23-16(18)12-3-2-4-13(11-12)17(19)20/h2-8,11H,9-10H2,1H3. The zero-order chi connectivity index (χ0) is 16.7. The van der Waals surface area contributed by atoms with E-state index in [2.05, 4.69) is 0 Å². The minimum Gasteiger partial charge on any atom is -0.497 e. The zero-order valence-corrected chi connectivity index (χ0v) is 12.4. The molecule has 23 heavy (non-hydrogen) atoms. The van der Waals surface area contributed by atoms with E-state index in [1.54, 1.807) is 31.4 Å². The van der Waals surface area contributed by atoms with Gasteiger partial charge < -0.3 is 14.2 Å². The number of ether oxygens (including phenoxy) is 3. The molecule has 0 heterocycles. The second-order valence-electron chi connectivity index (χ2n) is 4.47. The van der Waals surface area contributed by atoms with Crippen LogP contribution < -0.4 is 9.47 Å². The molecule has 2 aromatic carbocycles. The van der Waals surface area contributed by atoms with E-state index in [1.165, 1.54) is 24.3 Å². The third kappa shape index (κ3) is 4.70. The van der Waals surface area contributed by atoms with E-state index in [9.17, 15) is 14.9 Å². The Balaban J connectivity index is 1.80. The fourth-order valence-corrected chi connectivity index (χ4v) is 1.80. The molecule has 0 radical (unpaired) electrons. The molecule has 0 saturated carbocycles. The lowest BCUT2D eigenvalue weighted by Crippen LogP contribution is -2.12. The van der Waals surface area contributed by atoms with E-state index in [0.29, 0.717) is 5.75 Å². The molecule has 0 spiro atoms. The Morgan fingerprint density at radius 1 is 1.09 bits per heavy atom. The van der Waals surface area contributed by atoms with Gasteiger partial charge >= 0.3 is 5.97 Å². The van der Waals surface area contributed by atoms with E-state index >= 15 is 0 Å². The van der Waals surface area contributed by atoms with Crippen molar-refractivity contribution in [3.05, 3.63) is 64.2 Å². The summed E-state index contributed by atoms with van der Waals surface area (Å²) in [5.74, 6) is 0.707. The van der Waals surface area contributed by atoms with Crippen molar-refractivity contribution in [3.63, 3.8) is 0 Å². The van der Waals surface area contributed by atoms with Crippen LogP contribution in [0.2, 0.25) is 0 Å². The Morgan fingerprint density at radius 2 is 1.78 bits per heavy atom. The number of nitro groups is 1. The number of nitro benzene ring substituents is 1. The Hall–Kier alpha value is -3.09. The predicted octanol–water partition coefficient (Wildman–Crippen LogP) is 2.84. The lowest BCUT2D eigenvalue weighted by atomic mass is 10.2. The van der Waals surface area contributed by atoms with Crippen LogP contribution in [0.5, 0.6) is 11.5 Å². The van der Waals surface area contributed by atoms with E-state index in [1.807, 2.05) is 0 Å². The van der Waals surface area contributed by atoms with Crippen molar-refractivity contribution >= 4 is 11.7 Å². The third-order valence-corrected chi connectivity index (χ3v) is 2.94. The van der Waals surface area contributed by atoms with Crippen LogP contribution in [-0.2, 0) is 4.74 Å². The molecule has 0 aliphatic rings. The van der Waals surface area contributed by atoms with Gasteiger partial charge in [0.05, 0.1) is 17.6 Å². The fraction of sp³-hybridized carbons (Fsp3) is 0.188. The van der Waals surface area contributed by atoms with Crippen molar-refractivity contribution in [1.82, 2.24) is 0 Å². The number of nitrogens with zero attached hydrogens (tertiary/aromatic N) is 1. The molecular formula is C16H15NO6. The lowest BCUT2D eigenvalue weighted by Gasteiger charge is -2.08. The highest BCUT2D eigenvalue weighted by atomic mass is 16.6. The van der Waals surface area contributed by atoms with Gasteiger partial charge in [-0.2, -0.15) is 0 Å². The number of esters is 1. The molecule has 7 heteroatoms. The first kappa shape index (κ1) is 16.3. The molecule has 0 amide bonds. The van der Waals surface area contributed by atoms with Crippen molar-refractivity contribution in [2.75, 3.05) is 20.3 Å². The van der Waals surface area contributed by atoms with Crippen LogP contribution >= 0.6 is 0 Å². The first-order chi connectivity index (χ1) is 11.1. The van der Waals surface area contributed by atoms with Crippen LogP contribution in [0.1, 0.15) is 10.4 Å². The summed E-state index contributed by atoms with van der Waals surface area (Å²) in [4.78, 5) is 21.9. The number of carbonyl (C=O) groups excluding carboxylic acids is 1. The number of hydrogen-bond donors (Lipinski definition) is 0. The summed E-state index contributed by atoms with van der Waals surface area (Å²) in [5, 5.41) is 10.7. The van der Waals surface area contributed by atoms with Gasteiger partial charge in [0.15, 0.2) is 0 Å². The normalized spacial score (nSPS) is 9.96. The molecule has 0 bridgehead atoms. The highest BCUT2D eigenvalue weighted by Crippen LogP contribution is 2.17. The summed E-state index contributed by atoms with van der Waals surface area (Å²) in [6.07, 6.45) is 0. The predicted molar refractivity (Wildman–Crippen MR) is 81.9 cm³/mol. The van der Waals surface area contributed by atoms with Gasteiger partial charge in [0.1, 0.15) is 24.7 Å². The molecule has 0 aromatic heterocycles. The highest BCUT2D eigenvalue weighted by Gasteiger charge is 2.12. The number of benzene rings is 2. The second kappa shape index (κ2) is 7.79. The van der Waals surface area contributed by atoms with Crippen molar-refractivity contribution in [3.8, 4) is 11.5 Å². The molecule has 0 aliphatic carbocycles. The Kier molecular flexibility index (Phi) is 5.51. The van der Waals surface area contributed by atoms with Crippen molar-refractivity contribution in [1.29, 1.82) is 0 Å².